The van der Waals surface area contributed by atoms with Crippen LogP contribution >= 0.6 is 12.2 Å². The van der Waals surface area contributed by atoms with Crippen molar-refractivity contribution in [3.05, 3.63) is 57.2 Å². The maximum absolute atomic E-state index is 12.0. The molecule has 4 nitrogen and oxygen atoms in total. The molecule has 2 rings (SSSR count). The average molecular weight is 248 g/mol. The summed E-state index contributed by atoms with van der Waals surface area (Å²) < 4.78 is 6.83. The molecule has 5 heteroatoms. The van der Waals surface area contributed by atoms with Gasteiger partial charge < -0.3 is 9.72 Å². The fourth-order valence-electron chi connectivity index (χ4n) is 1.55. The Hall–Kier alpha value is -1.88. The highest BCUT2D eigenvalue weighted by Gasteiger charge is 2.05. The molecular weight excluding hydrogens is 236 g/mol. The molecule has 0 atom stereocenters. The molecule has 0 aliphatic rings. The summed E-state index contributed by atoms with van der Waals surface area (Å²) in [5, 5.41) is 0. The van der Waals surface area contributed by atoms with Crippen LogP contribution in [0.4, 0.5) is 0 Å². The van der Waals surface area contributed by atoms with Crippen molar-refractivity contribution in [2.45, 2.75) is 6.54 Å². The van der Waals surface area contributed by atoms with Crippen LogP contribution in [0, 0.1) is 4.77 Å². The van der Waals surface area contributed by atoms with E-state index in [-0.39, 0.29) is 11.3 Å². The number of ether oxygens (including phenoxy) is 1. The van der Waals surface area contributed by atoms with Crippen LogP contribution in [0.25, 0.3) is 0 Å². The highest BCUT2D eigenvalue weighted by molar-refractivity contribution is 7.71. The van der Waals surface area contributed by atoms with E-state index in [9.17, 15) is 4.79 Å². The third-order valence-electron chi connectivity index (χ3n) is 2.43. The van der Waals surface area contributed by atoms with E-state index in [2.05, 4.69) is 4.98 Å². The zero-order chi connectivity index (χ0) is 12.3. The van der Waals surface area contributed by atoms with Gasteiger partial charge in [-0.25, -0.2) is 0 Å². The lowest BCUT2D eigenvalue weighted by Crippen LogP contribution is -2.23. The van der Waals surface area contributed by atoms with Gasteiger partial charge in [0.05, 0.1) is 19.9 Å². The molecule has 2 aromatic rings. The third-order valence-corrected chi connectivity index (χ3v) is 2.77. The van der Waals surface area contributed by atoms with Crippen LogP contribution in [0.1, 0.15) is 5.56 Å². The van der Waals surface area contributed by atoms with E-state index in [1.54, 1.807) is 0 Å². The number of hydrogen-bond donors (Lipinski definition) is 1. The van der Waals surface area contributed by atoms with E-state index in [1.807, 2.05) is 30.3 Å². The first kappa shape index (κ1) is 11.6. The predicted octanol–water partition coefficient (Wildman–Crippen LogP) is 1.96. The second-order valence-corrected chi connectivity index (χ2v) is 3.93. The topological polar surface area (TPSA) is 47.0 Å². The summed E-state index contributed by atoms with van der Waals surface area (Å²) in [7, 11) is 1.46. The molecule has 0 saturated heterocycles. The van der Waals surface area contributed by atoms with Crippen LogP contribution in [0.2, 0.25) is 0 Å². The van der Waals surface area contributed by atoms with Crippen molar-refractivity contribution in [3.8, 4) is 5.75 Å². The first-order chi connectivity index (χ1) is 8.22. The molecule has 1 heterocycles. The molecule has 0 spiro atoms. The fraction of sp³-hybridized carbons (Fsp3) is 0.167. The van der Waals surface area contributed by atoms with E-state index in [4.69, 9.17) is 17.0 Å². The minimum absolute atomic E-state index is 0.222. The smallest absolute Gasteiger partial charge is 0.296 e. The summed E-state index contributed by atoms with van der Waals surface area (Å²) in [6, 6.07) is 9.67. The largest absolute Gasteiger partial charge is 0.490 e. The van der Waals surface area contributed by atoms with Crippen molar-refractivity contribution < 1.29 is 4.74 Å². The van der Waals surface area contributed by atoms with Crippen molar-refractivity contribution in [3.63, 3.8) is 0 Å². The molecule has 0 aliphatic carbocycles. The predicted molar refractivity (Wildman–Crippen MR) is 68.0 cm³/mol. The van der Waals surface area contributed by atoms with E-state index in [0.29, 0.717) is 11.3 Å². The van der Waals surface area contributed by atoms with Crippen molar-refractivity contribution in [2.75, 3.05) is 7.11 Å². The van der Waals surface area contributed by atoms with Crippen molar-refractivity contribution in [1.82, 2.24) is 9.55 Å². The Bertz CT molecular complexity index is 616. The number of nitrogens with one attached hydrogen (secondary N) is 1. The molecule has 0 unspecified atom stereocenters. The third kappa shape index (κ3) is 2.45. The van der Waals surface area contributed by atoms with Crippen LogP contribution in [-0.2, 0) is 6.54 Å². The van der Waals surface area contributed by atoms with Crippen LogP contribution < -0.4 is 10.3 Å². The number of nitrogens with zero attached hydrogens (tertiary/aromatic N) is 1. The number of methoxy groups -OCH3 is 1. The first-order valence-corrected chi connectivity index (χ1v) is 5.53. The molecule has 0 bridgehead atoms. The lowest BCUT2D eigenvalue weighted by atomic mass is 10.2. The molecule has 1 N–H and O–H groups in total. The summed E-state index contributed by atoms with van der Waals surface area (Å²) in [5.41, 5.74) is 0.794. The Balaban J connectivity index is 2.46. The van der Waals surface area contributed by atoms with Gasteiger partial charge in [-0.15, -0.1) is 0 Å². The van der Waals surface area contributed by atoms with Crippen LogP contribution in [0.3, 0.4) is 0 Å². The number of H-pyrrole nitrogens is 1. The van der Waals surface area contributed by atoms with Crippen LogP contribution in [-0.4, -0.2) is 16.7 Å². The normalized spacial score (nSPS) is 10.2. The average Bonchev–Trinajstić information content (AvgIpc) is 2.36. The highest BCUT2D eigenvalue weighted by atomic mass is 32.1. The van der Waals surface area contributed by atoms with Gasteiger partial charge in [-0.1, -0.05) is 30.3 Å². The van der Waals surface area contributed by atoms with Crippen molar-refractivity contribution in [2.24, 2.45) is 0 Å². The number of aromatic nitrogens is 2. The zero-order valence-corrected chi connectivity index (χ0v) is 10.2. The van der Waals surface area contributed by atoms with Gasteiger partial charge in [-0.3, -0.25) is 9.36 Å². The summed E-state index contributed by atoms with van der Waals surface area (Å²) in [4.78, 5) is 14.8. The Labute approximate surface area is 104 Å². The number of benzene rings is 1. The van der Waals surface area contributed by atoms with Gasteiger partial charge in [0, 0.05) is 0 Å². The van der Waals surface area contributed by atoms with Crippen molar-refractivity contribution >= 4 is 12.2 Å². The van der Waals surface area contributed by atoms with Crippen molar-refractivity contribution in [1.29, 1.82) is 0 Å². The molecule has 1 aromatic carbocycles. The summed E-state index contributed by atoms with van der Waals surface area (Å²) in [6.45, 7) is 0.437. The molecular formula is C12H12N2O2S. The minimum Gasteiger partial charge on any atom is -0.490 e. The maximum Gasteiger partial charge on any atom is 0.296 e. The highest BCUT2D eigenvalue weighted by Crippen LogP contribution is 2.04. The van der Waals surface area contributed by atoms with E-state index in [0.717, 1.165) is 5.56 Å². The van der Waals surface area contributed by atoms with E-state index >= 15 is 0 Å². The quantitative estimate of drug-likeness (QED) is 0.845. The standard InChI is InChI=1S/C12H12N2O2S/c1-16-10-7-13-12(17)14(11(10)15)8-9-5-3-2-4-6-9/h2-7H,8H2,1H3,(H,13,17). The van der Waals surface area contributed by atoms with E-state index < -0.39 is 0 Å². The van der Waals surface area contributed by atoms with Gasteiger partial charge in [0.25, 0.3) is 5.56 Å². The molecule has 0 aliphatic heterocycles. The second-order valence-electron chi connectivity index (χ2n) is 3.54. The van der Waals surface area contributed by atoms with Gasteiger partial charge in [0.1, 0.15) is 0 Å². The Morgan fingerprint density at radius 1 is 1.35 bits per heavy atom. The molecule has 17 heavy (non-hydrogen) atoms. The summed E-state index contributed by atoms with van der Waals surface area (Å²) in [6.07, 6.45) is 1.48. The molecule has 0 fully saturated rings. The van der Waals surface area contributed by atoms with Gasteiger partial charge in [-0.2, -0.15) is 0 Å². The summed E-state index contributed by atoms with van der Waals surface area (Å²) >= 11 is 5.10. The summed E-state index contributed by atoms with van der Waals surface area (Å²) in [5.74, 6) is 0.259. The maximum atomic E-state index is 12.0. The van der Waals surface area contributed by atoms with Crippen LogP contribution in [0.15, 0.2) is 41.3 Å². The minimum atomic E-state index is -0.222. The zero-order valence-electron chi connectivity index (χ0n) is 9.34. The lowest BCUT2D eigenvalue weighted by Gasteiger charge is -2.07. The second kappa shape index (κ2) is 4.97. The number of aromatic amines is 1. The first-order valence-electron chi connectivity index (χ1n) is 5.13. The van der Waals surface area contributed by atoms with Crippen LogP contribution in [0.5, 0.6) is 5.75 Å². The van der Waals surface area contributed by atoms with Gasteiger partial charge in [0.15, 0.2) is 4.77 Å². The number of rotatable bonds is 3. The molecule has 88 valence electrons. The van der Waals surface area contributed by atoms with Gasteiger partial charge >= 0.3 is 0 Å². The molecule has 0 saturated carbocycles. The number of hydrogen-bond acceptors (Lipinski definition) is 3. The Morgan fingerprint density at radius 3 is 2.71 bits per heavy atom. The van der Waals surface area contributed by atoms with Gasteiger partial charge in [0.2, 0.25) is 5.75 Å². The molecule has 0 radical (unpaired) electrons. The molecule has 0 amide bonds. The fourth-order valence-corrected chi connectivity index (χ4v) is 1.75. The monoisotopic (exact) mass is 248 g/mol. The van der Waals surface area contributed by atoms with E-state index in [1.165, 1.54) is 17.9 Å². The van der Waals surface area contributed by atoms with Gasteiger partial charge in [-0.05, 0) is 17.8 Å². The SMILES string of the molecule is COc1c[nH]c(=S)n(Cc2ccccc2)c1=O. The Kier molecular flexibility index (Phi) is 3.39. The Morgan fingerprint density at radius 2 is 2.06 bits per heavy atom. The lowest BCUT2D eigenvalue weighted by molar-refractivity contribution is 0.400. The molecule has 1 aromatic heterocycles.